The van der Waals surface area contributed by atoms with Crippen molar-refractivity contribution in [3.63, 3.8) is 0 Å². The fourth-order valence-electron chi connectivity index (χ4n) is 8.94. The maximum atomic E-state index is 9.66. The second-order valence-electron chi connectivity index (χ2n) is 17.0. The van der Waals surface area contributed by atoms with Crippen LogP contribution in [0.15, 0.2) is 42.1 Å². The fraction of sp³-hybridized carbons (Fsp3) is 0.346. The SMILES string of the molecule is [C-]#[N+]/C(C#N)=C/c1sc(-c2cc3sc4c5sc(-c6cc7sc8c9sc(-c%10cc(CC(CC)CCCC)c(CC(C#N)[N+]#[C-])s%10)cc9sc8c7s6)cc5sc4c3s2)cc1CC(CC)CCCC. The molecular formula is C52H44N4S10. The van der Waals surface area contributed by atoms with Crippen molar-refractivity contribution in [2.45, 2.75) is 104 Å². The molecule has 0 fully saturated rings. The third kappa shape index (κ3) is 8.67. The van der Waals surface area contributed by atoms with Crippen molar-refractivity contribution in [2.24, 2.45) is 11.8 Å². The van der Waals surface area contributed by atoms with Crippen molar-refractivity contribution < 1.29 is 0 Å². The summed E-state index contributed by atoms with van der Waals surface area (Å²) in [7, 11) is 0. The van der Waals surface area contributed by atoms with Gasteiger partial charge < -0.3 is 0 Å². The molecule has 0 aliphatic carbocycles. The standard InChI is InChI=1S/C52H44N4S10/c1-7-11-13-27(9-3)15-29-17-35(57-33(29)19-31(25-53)55-5)37-21-41-45(59-37)49-51(63-41)47-43(65-49)23-39(61-47)40-24-44-48(62-40)52-50(66-44)46-42(64-52)22-38(60-46)36-18-30(16-28(10-4)14-12-8-2)34(58-36)20-32(26-54)56-6/h17-19,21-24,27-28,32H,7-16,20H2,1-4H3/b31-19+. The number of unbranched alkanes of at least 4 members (excludes halogenated alkanes) is 2. The van der Waals surface area contributed by atoms with Crippen molar-refractivity contribution in [2.75, 3.05) is 0 Å². The first kappa shape index (κ1) is 46.0. The molecule has 0 aliphatic rings. The monoisotopic (exact) mass is 1040 g/mol. The summed E-state index contributed by atoms with van der Waals surface area (Å²) in [6, 6.07) is 18.0. The third-order valence-corrected chi connectivity index (χ3v) is 26.1. The Morgan fingerprint density at radius 3 is 1.36 bits per heavy atom. The number of hydrogen-bond acceptors (Lipinski definition) is 12. The Hall–Kier alpha value is -3.74. The summed E-state index contributed by atoms with van der Waals surface area (Å²) in [5, 5.41) is 19.3. The summed E-state index contributed by atoms with van der Waals surface area (Å²) < 4.78 is 16.6. The molecule has 0 saturated carbocycles. The number of hydrogen-bond donors (Lipinski definition) is 0. The van der Waals surface area contributed by atoms with Gasteiger partial charge in [0.1, 0.15) is 0 Å². The lowest BCUT2D eigenvalue weighted by Crippen LogP contribution is -2.07. The Bertz CT molecular complexity index is 3590. The highest BCUT2D eigenvalue weighted by atomic mass is 32.1. The van der Waals surface area contributed by atoms with Gasteiger partial charge >= 0.3 is 6.04 Å². The minimum absolute atomic E-state index is 0.151. The summed E-state index contributed by atoms with van der Waals surface area (Å²) in [5.41, 5.74) is 2.76. The van der Waals surface area contributed by atoms with Crippen molar-refractivity contribution in [1.82, 2.24) is 0 Å². The molecular weight excluding hydrogens is 1000 g/mol. The number of nitrogens with zero attached hydrogens (tertiary/aromatic N) is 4. The molecule has 0 saturated heterocycles. The Balaban J connectivity index is 0.922. The van der Waals surface area contributed by atoms with E-state index in [1.54, 1.807) is 22.7 Å². The van der Waals surface area contributed by atoms with Crippen LogP contribution >= 0.6 is 113 Å². The van der Waals surface area contributed by atoms with Gasteiger partial charge in [-0.1, -0.05) is 79.1 Å². The molecule has 0 N–H and O–H groups in total. The van der Waals surface area contributed by atoms with Crippen LogP contribution in [0.5, 0.6) is 0 Å². The summed E-state index contributed by atoms with van der Waals surface area (Å²) >= 11 is 18.9. The molecule has 10 rings (SSSR count). The maximum Gasteiger partial charge on any atom is 0.311 e. The Kier molecular flexibility index (Phi) is 13.7. The lowest BCUT2D eigenvalue weighted by molar-refractivity contribution is 0.448. The van der Waals surface area contributed by atoms with E-state index in [2.05, 4.69) is 85.9 Å². The van der Waals surface area contributed by atoms with Crippen LogP contribution in [-0.2, 0) is 19.3 Å². The van der Waals surface area contributed by atoms with Crippen LogP contribution in [0.3, 0.4) is 0 Å². The molecule has 0 amide bonds. The molecule has 10 heterocycles. The highest BCUT2D eigenvalue weighted by molar-refractivity contribution is 7.47. The third-order valence-electron chi connectivity index (χ3n) is 12.6. The molecule has 332 valence electrons. The zero-order valence-electron chi connectivity index (χ0n) is 36.9. The van der Waals surface area contributed by atoms with Gasteiger partial charge in [-0.15, -0.1) is 113 Å². The minimum atomic E-state index is -0.628. The maximum absolute atomic E-state index is 9.66. The lowest BCUT2D eigenvalue weighted by Gasteiger charge is -2.14. The normalized spacial score (nSPS) is 13.7. The van der Waals surface area contributed by atoms with Gasteiger partial charge in [0.25, 0.3) is 5.70 Å². The van der Waals surface area contributed by atoms with Crippen LogP contribution in [0.4, 0.5) is 0 Å². The Labute approximate surface area is 425 Å². The van der Waals surface area contributed by atoms with Gasteiger partial charge in [0.2, 0.25) is 0 Å². The molecule has 10 aromatic rings. The second-order valence-corrected chi connectivity index (χ2v) is 27.6. The van der Waals surface area contributed by atoms with Gasteiger partial charge in [-0.3, -0.25) is 4.85 Å². The largest absolute Gasteiger partial charge is 0.311 e. The van der Waals surface area contributed by atoms with Gasteiger partial charge in [-0.05, 0) is 78.3 Å². The van der Waals surface area contributed by atoms with Crippen molar-refractivity contribution >= 4 is 176 Å². The van der Waals surface area contributed by atoms with Crippen molar-refractivity contribution in [1.29, 1.82) is 10.5 Å². The minimum Gasteiger partial charge on any atom is -0.297 e. The number of allylic oxidation sites excluding steroid dienone is 1. The van der Waals surface area contributed by atoms with Crippen molar-refractivity contribution in [3.8, 4) is 41.4 Å². The highest BCUT2D eigenvalue weighted by Gasteiger charge is 2.25. The molecule has 0 spiro atoms. The van der Waals surface area contributed by atoms with E-state index in [9.17, 15) is 10.5 Å². The zero-order valence-corrected chi connectivity index (χ0v) is 45.1. The average Bonchev–Trinajstić information content (AvgIpc) is 4.17. The van der Waals surface area contributed by atoms with E-state index in [0.717, 1.165) is 30.6 Å². The Morgan fingerprint density at radius 1 is 0.545 bits per heavy atom. The molecule has 10 aromatic heterocycles. The molecule has 0 aliphatic heterocycles. The number of fused-ring (bicyclic) bond motifs is 10. The van der Waals surface area contributed by atoms with E-state index in [0.29, 0.717) is 18.3 Å². The predicted octanol–water partition coefficient (Wildman–Crippen LogP) is 20.9. The number of nitriles is 2. The van der Waals surface area contributed by atoms with Crippen LogP contribution in [0.25, 0.3) is 101 Å². The van der Waals surface area contributed by atoms with Crippen LogP contribution in [0, 0.1) is 47.6 Å². The van der Waals surface area contributed by atoms with E-state index in [1.165, 1.54) is 140 Å². The quantitative estimate of drug-likeness (QED) is 0.0635. The lowest BCUT2D eigenvalue weighted by atomic mass is 9.91. The average molecular weight is 1050 g/mol. The molecule has 4 nitrogen and oxygen atoms in total. The molecule has 14 heteroatoms. The first-order valence-corrected chi connectivity index (χ1v) is 30.7. The van der Waals surface area contributed by atoms with E-state index in [4.69, 9.17) is 13.1 Å². The van der Waals surface area contributed by atoms with Gasteiger partial charge in [-0.2, -0.15) is 5.26 Å². The van der Waals surface area contributed by atoms with E-state index < -0.39 is 6.04 Å². The first-order chi connectivity index (χ1) is 32.3. The molecule has 66 heavy (non-hydrogen) atoms. The van der Waals surface area contributed by atoms with Crippen LogP contribution in [0.1, 0.15) is 99.9 Å². The van der Waals surface area contributed by atoms with Crippen molar-refractivity contribution in [3.05, 3.63) is 85.8 Å². The molecule has 0 bridgehead atoms. The molecule has 0 radical (unpaired) electrons. The van der Waals surface area contributed by atoms with Gasteiger partial charge in [-0.25, -0.2) is 16.7 Å². The number of rotatable bonds is 18. The topological polar surface area (TPSA) is 56.3 Å². The van der Waals surface area contributed by atoms with Gasteiger partial charge in [0.15, 0.2) is 6.07 Å². The second kappa shape index (κ2) is 19.7. The number of thiophene rings is 10. The van der Waals surface area contributed by atoms with Gasteiger partial charge in [0.05, 0.1) is 56.7 Å². The summed E-state index contributed by atoms with van der Waals surface area (Å²) in [5.74, 6) is 1.23. The smallest absolute Gasteiger partial charge is 0.297 e. The predicted molar refractivity (Wildman–Crippen MR) is 300 cm³/mol. The van der Waals surface area contributed by atoms with E-state index >= 15 is 0 Å². The van der Waals surface area contributed by atoms with Crippen LogP contribution in [0.2, 0.25) is 0 Å². The summed E-state index contributed by atoms with van der Waals surface area (Å²) in [4.78, 5) is 17.2. The molecule has 3 atom stereocenters. The van der Waals surface area contributed by atoms with E-state index in [-0.39, 0.29) is 5.70 Å². The van der Waals surface area contributed by atoms with Gasteiger partial charge in [0, 0.05) is 57.8 Å². The highest BCUT2D eigenvalue weighted by Crippen LogP contribution is 2.56. The van der Waals surface area contributed by atoms with Crippen LogP contribution in [-0.4, -0.2) is 6.04 Å². The first-order valence-electron chi connectivity index (χ1n) is 22.5. The summed E-state index contributed by atoms with van der Waals surface area (Å²) in [6.07, 6.45) is 13.9. The zero-order chi connectivity index (χ0) is 45.6. The molecule has 0 aromatic carbocycles. The Morgan fingerprint density at radius 2 is 0.970 bits per heavy atom. The molecule has 3 unspecified atom stereocenters. The fourth-order valence-corrected chi connectivity index (χ4v) is 22.8. The summed E-state index contributed by atoms with van der Waals surface area (Å²) in [6.45, 7) is 24.2. The van der Waals surface area contributed by atoms with Crippen LogP contribution < -0.4 is 0 Å². The van der Waals surface area contributed by atoms with E-state index in [1.807, 2.05) is 96.8 Å².